The number of nitrogens with one attached hydrogen (secondary N) is 5. The predicted molar refractivity (Wildman–Crippen MR) is 272 cm³/mol. The van der Waals surface area contributed by atoms with E-state index in [-0.39, 0.29) is 5.91 Å². The number of carbonyl (C=O) groups is 1. The summed E-state index contributed by atoms with van der Waals surface area (Å²) >= 11 is 4.32. The van der Waals surface area contributed by atoms with Crippen LogP contribution in [0.3, 0.4) is 0 Å². The highest BCUT2D eigenvalue weighted by Crippen LogP contribution is 2.29. The second-order valence-electron chi connectivity index (χ2n) is 17.7. The van der Waals surface area contributed by atoms with E-state index in [9.17, 15) is 4.79 Å². The summed E-state index contributed by atoms with van der Waals surface area (Å²) in [5.74, 6) is 1.04. The van der Waals surface area contributed by atoms with Crippen molar-refractivity contribution >= 4 is 46.5 Å². The molecule has 0 fully saturated rings. The number of hydrogen-bond acceptors (Lipinski definition) is 2. The molecule has 1 aliphatic heterocycles. The molecular formula is C58H59N5OS. The van der Waals surface area contributed by atoms with Gasteiger partial charge in [-0.3, -0.25) is 4.79 Å². The fourth-order valence-corrected chi connectivity index (χ4v) is 9.36. The van der Waals surface area contributed by atoms with Gasteiger partial charge in [0.25, 0.3) is 0 Å². The van der Waals surface area contributed by atoms with E-state index in [2.05, 4.69) is 192 Å². The van der Waals surface area contributed by atoms with Crippen LogP contribution in [0.4, 0.5) is 5.69 Å². The van der Waals surface area contributed by atoms with Gasteiger partial charge >= 0.3 is 0 Å². The van der Waals surface area contributed by atoms with Crippen LogP contribution in [0.5, 0.6) is 0 Å². The van der Waals surface area contributed by atoms with E-state index in [1.165, 1.54) is 55.2 Å². The van der Waals surface area contributed by atoms with E-state index >= 15 is 0 Å². The van der Waals surface area contributed by atoms with Crippen molar-refractivity contribution in [3.8, 4) is 0 Å². The Balaban J connectivity index is 1.16. The highest BCUT2D eigenvalue weighted by molar-refractivity contribution is 7.80. The maximum Gasteiger partial charge on any atom is 0.224 e. The Bertz CT molecular complexity index is 3160. The highest BCUT2D eigenvalue weighted by atomic mass is 32.1. The second-order valence-corrected chi connectivity index (χ2v) is 18.1. The maximum absolute atomic E-state index is 13.1. The standard InChI is InChI=1S/C58H59N5OS/c1-38-13-19-41(20-14-38)55-46-29-31-48(60-46)56(42-21-15-39(2)16-22-42)50-33-35-52(62-50)58(44-25-27-45(28-26-44)59-54(64)12-10-8-6-4-5-7-9-11-37-65)53-36-34-51(63-53)57(49-32-30-47(55)61-49)43-23-17-40(3)18-24-43/h13-36,60-63,65H,4-12,37H2,1-3H3,(H,59,64). The van der Waals surface area contributed by atoms with Gasteiger partial charge in [-0.15, -0.1) is 0 Å². The topological polar surface area (TPSA) is 92.3 Å². The van der Waals surface area contributed by atoms with Crippen molar-refractivity contribution in [2.75, 3.05) is 11.1 Å². The van der Waals surface area contributed by atoms with Gasteiger partial charge in [0.2, 0.25) is 5.91 Å². The number of rotatable bonds is 15. The van der Waals surface area contributed by atoms with Crippen LogP contribution >= 0.6 is 12.6 Å². The molecule has 0 unspecified atom stereocenters. The molecule has 5 heterocycles. The summed E-state index contributed by atoms with van der Waals surface area (Å²) in [5.41, 5.74) is 17.1. The number of hydrogen-bond donors (Lipinski definition) is 6. The summed E-state index contributed by atoms with van der Waals surface area (Å²) < 4.78 is 0. The minimum absolute atomic E-state index is 0.0637. The molecule has 4 aromatic carbocycles. The molecule has 0 radical (unpaired) electrons. The number of aromatic amines is 4. The normalized spacial score (nSPS) is 12.6. The largest absolute Gasteiger partial charge is 0.354 e. The zero-order valence-corrected chi connectivity index (χ0v) is 38.7. The fourth-order valence-electron chi connectivity index (χ4n) is 9.13. The minimum Gasteiger partial charge on any atom is -0.354 e. The van der Waals surface area contributed by atoms with Gasteiger partial charge in [0, 0.05) is 78.6 Å². The van der Waals surface area contributed by atoms with E-state index in [1.54, 1.807) is 0 Å². The fraction of sp³-hybridized carbons (Fsp3) is 0.224. The van der Waals surface area contributed by atoms with Gasteiger partial charge in [-0.25, -0.2) is 0 Å². The van der Waals surface area contributed by atoms with Crippen molar-refractivity contribution in [3.05, 3.63) is 229 Å². The molecule has 328 valence electrons. The summed E-state index contributed by atoms with van der Waals surface area (Å²) in [6, 6.07) is 52.1. The second kappa shape index (κ2) is 20.0. The lowest BCUT2D eigenvalue weighted by Gasteiger charge is -2.11. The Hall–Kier alpha value is -6.70. The summed E-state index contributed by atoms with van der Waals surface area (Å²) in [6.45, 7) is 6.38. The van der Waals surface area contributed by atoms with Crippen LogP contribution in [0, 0.1) is 20.8 Å². The van der Waals surface area contributed by atoms with E-state index in [0.717, 1.165) is 113 Å². The first-order valence-corrected chi connectivity index (χ1v) is 23.9. The molecule has 0 atom stereocenters. The molecule has 5 N–H and O–H groups in total. The SMILES string of the molecule is Cc1ccc(C2=c3ccc([nH]3)=C(c3ccc(C)cc3)c3ccc([nH]3)C(c3ccc(NC(=O)CCCCCCCCCCS)cc3)=c3ccc([nH]3)=C(c3ccc(C)cc3)c3ccc2[nH]3)cc1. The minimum atomic E-state index is 0.0637. The molecule has 1 amide bonds. The summed E-state index contributed by atoms with van der Waals surface area (Å²) in [4.78, 5) is 28.6. The van der Waals surface area contributed by atoms with Crippen LogP contribution in [-0.2, 0) is 4.79 Å². The summed E-state index contributed by atoms with van der Waals surface area (Å²) in [6.07, 6.45) is 9.97. The van der Waals surface area contributed by atoms with Crippen LogP contribution in [0.25, 0.3) is 22.3 Å². The van der Waals surface area contributed by atoms with Crippen molar-refractivity contribution in [2.45, 2.75) is 78.6 Å². The van der Waals surface area contributed by atoms with Gasteiger partial charge in [0.05, 0.1) is 0 Å². The van der Waals surface area contributed by atoms with Crippen LogP contribution in [0.1, 0.15) is 120 Å². The maximum atomic E-state index is 13.1. The molecule has 65 heavy (non-hydrogen) atoms. The van der Waals surface area contributed by atoms with Gasteiger partial charge in [-0.1, -0.05) is 140 Å². The molecule has 0 saturated carbocycles. The number of fused-ring (bicyclic) bond motifs is 8. The third-order valence-corrected chi connectivity index (χ3v) is 13.0. The molecule has 4 aromatic heterocycles. The number of thiol groups is 1. The molecule has 7 heteroatoms. The molecule has 6 nitrogen and oxygen atoms in total. The highest BCUT2D eigenvalue weighted by Gasteiger charge is 2.19. The number of H-pyrrole nitrogens is 4. The van der Waals surface area contributed by atoms with Crippen molar-refractivity contribution in [1.82, 2.24) is 19.9 Å². The van der Waals surface area contributed by atoms with Crippen LogP contribution in [0.2, 0.25) is 0 Å². The van der Waals surface area contributed by atoms with Gasteiger partial charge in [0.1, 0.15) is 0 Å². The third-order valence-electron chi connectivity index (χ3n) is 12.7. The summed E-state index contributed by atoms with van der Waals surface area (Å²) in [5, 5.41) is 7.16. The molecule has 0 saturated heterocycles. The van der Waals surface area contributed by atoms with Crippen LogP contribution in [0.15, 0.2) is 146 Å². The van der Waals surface area contributed by atoms with Gasteiger partial charge < -0.3 is 25.3 Å². The number of unbranched alkanes of at least 4 members (excludes halogenated alkanes) is 7. The predicted octanol–water partition coefficient (Wildman–Crippen LogP) is 10.6. The van der Waals surface area contributed by atoms with Crippen molar-refractivity contribution in [1.29, 1.82) is 0 Å². The Morgan fingerprint density at radius 3 is 1.03 bits per heavy atom. The molecule has 8 aromatic rings. The Kier molecular flexibility index (Phi) is 13.4. The number of amides is 1. The number of benzene rings is 4. The lowest BCUT2D eigenvalue weighted by atomic mass is 10.0. The molecule has 9 rings (SSSR count). The van der Waals surface area contributed by atoms with Crippen LogP contribution < -0.4 is 26.7 Å². The van der Waals surface area contributed by atoms with Gasteiger partial charge in [-0.05, 0) is 122 Å². The smallest absolute Gasteiger partial charge is 0.224 e. The van der Waals surface area contributed by atoms with E-state index in [4.69, 9.17) is 0 Å². The average Bonchev–Trinajstić information content (AvgIpc) is 4.17. The molecule has 0 spiro atoms. The Morgan fingerprint density at radius 2 is 0.692 bits per heavy atom. The Labute approximate surface area is 387 Å². The first kappa shape index (κ1) is 43.5. The van der Waals surface area contributed by atoms with Gasteiger partial charge in [0.15, 0.2) is 0 Å². The zero-order chi connectivity index (χ0) is 44.7. The first-order chi connectivity index (χ1) is 31.8. The quantitative estimate of drug-likeness (QED) is 0.0450. The number of carbonyl (C=O) groups excluding carboxylic acids is 1. The number of anilines is 1. The first-order valence-electron chi connectivity index (χ1n) is 23.3. The average molecular weight is 874 g/mol. The molecular weight excluding hydrogens is 815 g/mol. The van der Waals surface area contributed by atoms with Gasteiger partial charge in [-0.2, -0.15) is 12.6 Å². The number of aryl methyl sites for hydroxylation is 3. The van der Waals surface area contributed by atoms with Crippen molar-refractivity contribution in [3.63, 3.8) is 0 Å². The van der Waals surface area contributed by atoms with Crippen molar-refractivity contribution < 1.29 is 4.79 Å². The van der Waals surface area contributed by atoms with E-state index < -0.39 is 0 Å². The van der Waals surface area contributed by atoms with E-state index in [0.29, 0.717) is 6.42 Å². The van der Waals surface area contributed by atoms with E-state index in [1.807, 2.05) is 12.1 Å². The summed E-state index contributed by atoms with van der Waals surface area (Å²) in [7, 11) is 0. The lowest BCUT2D eigenvalue weighted by molar-refractivity contribution is -0.116. The third kappa shape index (κ3) is 10.0. The number of aromatic nitrogens is 4. The van der Waals surface area contributed by atoms with Crippen LogP contribution in [-0.4, -0.2) is 31.6 Å². The lowest BCUT2D eigenvalue weighted by Crippen LogP contribution is -2.19. The van der Waals surface area contributed by atoms with Crippen molar-refractivity contribution in [2.24, 2.45) is 0 Å². The molecule has 8 bridgehead atoms. The molecule has 0 aliphatic carbocycles. The zero-order valence-electron chi connectivity index (χ0n) is 37.8. The monoisotopic (exact) mass is 873 g/mol. The Morgan fingerprint density at radius 1 is 0.385 bits per heavy atom. The molecule has 1 aliphatic rings.